The van der Waals surface area contributed by atoms with Gasteiger partial charge >= 0.3 is 0 Å². The van der Waals surface area contributed by atoms with E-state index in [1.807, 2.05) is 0 Å². The molecule has 1 aliphatic heterocycles. The maximum Gasteiger partial charge on any atom is 0.160 e. The fourth-order valence-corrected chi connectivity index (χ4v) is 1.22. The molecule has 0 amide bonds. The molecule has 0 aromatic heterocycles. The third-order valence-corrected chi connectivity index (χ3v) is 1.98. The molecule has 0 radical (unpaired) electrons. The molecule has 5 nitrogen and oxygen atoms in total. The summed E-state index contributed by atoms with van der Waals surface area (Å²) in [6, 6.07) is 0. The van der Waals surface area contributed by atoms with Gasteiger partial charge in [0.15, 0.2) is 6.29 Å². The Morgan fingerprint density at radius 1 is 1.50 bits per heavy atom. The first-order valence-electron chi connectivity index (χ1n) is 3.84. The molecule has 1 heterocycles. The average molecular weight is 178 g/mol. The average Bonchev–Trinajstić information content (AvgIpc) is 2.09. The van der Waals surface area contributed by atoms with Gasteiger partial charge in [0.05, 0.1) is 12.7 Å². The lowest BCUT2D eigenvalue weighted by molar-refractivity contribution is -0.248. The number of ether oxygens (including phenoxy) is 2. The zero-order valence-electron chi connectivity index (χ0n) is 6.88. The normalized spacial score (nSPS) is 43.0. The summed E-state index contributed by atoms with van der Waals surface area (Å²) < 4.78 is 9.92. The molecule has 3 N–H and O–H groups in total. The second-order valence-electron chi connectivity index (χ2n) is 2.82. The van der Waals surface area contributed by atoms with Crippen LogP contribution >= 0.6 is 0 Å². The van der Waals surface area contributed by atoms with Crippen molar-refractivity contribution in [2.45, 2.75) is 31.0 Å². The molecule has 12 heavy (non-hydrogen) atoms. The predicted molar refractivity (Wildman–Crippen MR) is 39.4 cm³/mol. The fourth-order valence-electron chi connectivity index (χ4n) is 1.22. The van der Waals surface area contributed by atoms with Gasteiger partial charge in [0, 0.05) is 13.5 Å². The highest BCUT2D eigenvalue weighted by Crippen LogP contribution is 2.20. The van der Waals surface area contributed by atoms with Crippen molar-refractivity contribution >= 4 is 0 Å². The minimum atomic E-state index is -1.03. The summed E-state index contributed by atoms with van der Waals surface area (Å²) in [5, 5.41) is 27.3. The highest BCUT2D eigenvalue weighted by atomic mass is 16.7. The molecule has 0 aromatic carbocycles. The van der Waals surface area contributed by atoms with Gasteiger partial charge in [-0.1, -0.05) is 0 Å². The molecule has 0 spiro atoms. The highest BCUT2D eigenvalue weighted by Gasteiger charge is 2.36. The molecule has 4 atom stereocenters. The van der Waals surface area contributed by atoms with Crippen LogP contribution in [0, 0.1) is 0 Å². The maximum absolute atomic E-state index is 9.26. The molecule has 0 saturated carbocycles. The van der Waals surface area contributed by atoms with E-state index in [-0.39, 0.29) is 13.0 Å². The summed E-state index contributed by atoms with van der Waals surface area (Å²) in [7, 11) is 1.45. The lowest BCUT2D eigenvalue weighted by Crippen LogP contribution is -2.50. The van der Waals surface area contributed by atoms with Crippen molar-refractivity contribution in [3.8, 4) is 0 Å². The zero-order chi connectivity index (χ0) is 9.14. The zero-order valence-corrected chi connectivity index (χ0v) is 6.88. The van der Waals surface area contributed by atoms with Gasteiger partial charge in [0.1, 0.15) is 12.2 Å². The predicted octanol–water partition coefficient (Wildman–Crippen LogP) is -1.54. The SMILES string of the molecule is CO[C@H]1C[C@H](O)[C@H](O)[C@@H](CO)O1. The van der Waals surface area contributed by atoms with E-state index >= 15 is 0 Å². The minimum absolute atomic E-state index is 0.230. The van der Waals surface area contributed by atoms with Crippen LogP contribution in [0.3, 0.4) is 0 Å². The Balaban J connectivity index is 2.52. The van der Waals surface area contributed by atoms with Crippen LogP contribution < -0.4 is 0 Å². The summed E-state index contributed by atoms with van der Waals surface area (Å²) >= 11 is 0. The van der Waals surface area contributed by atoms with Crippen molar-refractivity contribution in [3.63, 3.8) is 0 Å². The molecule has 1 saturated heterocycles. The Morgan fingerprint density at radius 2 is 2.17 bits per heavy atom. The van der Waals surface area contributed by atoms with Gasteiger partial charge in [0.25, 0.3) is 0 Å². The van der Waals surface area contributed by atoms with Crippen molar-refractivity contribution in [2.24, 2.45) is 0 Å². The van der Waals surface area contributed by atoms with E-state index in [1.54, 1.807) is 0 Å². The van der Waals surface area contributed by atoms with E-state index in [2.05, 4.69) is 0 Å². The summed E-state index contributed by atoms with van der Waals surface area (Å²) in [5.41, 5.74) is 0. The van der Waals surface area contributed by atoms with Gasteiger partial charge in [-0.05, 0) is 0 Å². The van der Waals surface area contributed by atoms with E-state index < -0.39 is 24.6 Å². The summed E-state index contributed by atoms with van der Waals surface area (Å²) in [6.07, 6.45) is -2.98. The standard InChI is InChI=1S/C7H14O5/c1-11-6-2-4(9)7(10)5(3-8)12-6/h4-10H,2-3H2,1H3/t4-,5+,6+,7-/m0/s1. The Labute approximate surface area is 70.5 Å². The van der Waals surface area contributed by atoms with Crippen molar-refractivity contribution in [1.82, 2.24) is 0 Å². The lowest BCUT2D eigenvalue weighted by atomic mass is 10.0. The van der Waals surface area contributed by atoms with E-state index in [0.717, 1.165) is 0 Å². The molecule has 0 unspecified atom stereocenters. The fraction of sp³-hybridized carbons (Fsp3) is 1.00. The third kappa shape index (κ3) is 1.94. The molecule has 1 rings (SSSR count). The first-order valence-corrected chi connectivity index (χ1v) is 3.84. The van der Waals surface area contributed by atoms with Crippen LogP contribution in [0.4, 0.5) is 0 Å². The summed E-state index contributed by atoms with van der Waals surface area (Å²) in [4.78, 5) is 0. The van der Waals surface area contributed by atoms with Gasteiger partial charge in [-0.25, -0.2) is 0 Å². The largest absolute Gasteiger partial charge is 0.394 e. The molecule has 72 valence electrons. The van der Waals surface area contributed by atoms with Gasteiger partial charge in [-0.2, -0.15) is 0 Å². The number of aliphatic hydroxyl groups is 3. The molecule has 1 aliphatic rings. The van der Waals surface area contributed by atoms with Gasteiger partial charge in [0.2, 0.25) is 0 Å². The van der Waals surface area contributed by atoms with Crippen LogP contribution in [0.1, 0.15) is 6.42 Å². The monoisotopic (exact) mass is 178 g/mol. The molecular formula is C7H14O5. The summed E-state index contributed by atoms with van der Waals surface area (Å²) in [6.45, 7) is -0.321. The molecular weight excluding hydrogens is 164 g/mol. The molecule has 0 aliphatic carbocycles. The van der Waals surface area contributed by atoms with E-state index in [9.17, 15) is 10.2 Å². The number of rotatable bonds is 2. The molecule has 1 fully saturated rings. The van der Waals surface area contributed by atoms with Crippen molar-refractivity contribution in [2.75, 3.05) is 13.7 Å². The third-order valence-electron chi connectivity index (χ3n) is 1.98. The Bertz CT molecular complexity index is 140. The topological polar surface area (TPSA) is 79.2 Å². The first-order chi connectivity index (χ1) is 5.69. The van der Waals surface area contributed by atoms with Gasteiger partial charge < -0.3 is 24.8 Å². The van der Waals surface area contributed by atoms with Crippen molar-refractivity contribution in [1.29, 1.82) is 0 Å². The maximum atomic E-state index is 9.26. The van der Waals surface area contributed by atoms with E-state index in [0.29, 0.717) is 0 Å². The first kappa shape index (κ1) is 9.88. The number of hydrogen-bond donors (Lipinski definition) is 3. The molecule has 0 bridgehead atoms. The smallest absolute Gasteiger partial charge is 0.160 e. The minimum Gasteiger partial charge on any atom is -0.394 e. The number of hydrogen-bond acceptors (Lipinski definition) is 5. The molecule has 0 aromatic rings. The summed E-state index contributed by atoms with van der Waals surface area (Å²) in [5.74, 6) is 0. The van der Waals surface area contributed by atoms with Crippen LogP contribution in [-0.4, -0.2) is 53.6 Å². The van der Waals surface area contributed by atoms with Crippen LogP contribution in [0.25, 0.3) is 0 Å². The van der Waals surface area contributed by atoms with Gasteiger partial charge in [-0.15, -0.1) is 0 Å². The molecule has 5 heteroatoms. The second kappa shape index (κ2) is 4.15. The Hall–Kier alpha value is -0.200. The number of methoxy groups -OCH3 is 1. The van der Waals surface area contributed by atoms with Gasteiger partial charge in [-0.3, -0.25) is 0 Å². The Morgan fingerprint density at radius 3 is 2.67 bits per heavy atom. The quantitative estimate of drug-likeness (QED) is 0.477. The van der Waals surface area contributed by atoms with Crippen molar-refractivity contribution in [3.05, 3.63) is 0 Å². The van der Waals surface area contributed by atoms with Crippen LogP contribution in [-0.2, 0) is 9.47 Å². The Kier molecular flexibility index (Phi) is 3.42. The van der Waals surface area contributed by atoms with E-state index in [4.69, 9.17) is 14.6 Å². The lowest BCUT2D eigenvalue weighted by Gasteiger charge is -2.35. The second-order valence-corrected chi connectivity index (χ2v) is 2.82. The number of aliphatic hydroxyl groups excluding tert-OH is 3. The highest BCUT2D eigenvalue weighted by molar-refractivity contribution is 4.81. The van der Waals surface area contributed by atoms with Crippen LogP contribution in [0.5, 0.6) is 0 Å². The van der Waals surface area contributed by atoms with Crippen LogP contribution in [0.2, 0.25) is 0 Å². The van der Waals surface area contributed by atoms with Crippen LogP contribution in [0.15, 0.2) is 0 Å². The van der Waals surface area contributed by atoms with E-state index in [1.165, 1.54) is 7.11 Å². The van der Waals surface area contributed by atoms with Crippen molar-refractivity contribution < 1.29 is 24.8 Å².